The number of hydrogen-bond acceptors (Lipinski definition) is 7. The van der Waals surface area contributed by atoms with E-state index in [4.69, 9.17) is 9.15 Å². The van der Waals surface area contributed by atoms with Gasteiger partial charge in [0.1, 0.15) is 0 Å². The largest absolute Gasteiger partial charge is 0.421 e. The Balaban J connectivity index is 1.24. The Hall–Kier alpha value is -2.55. The monoisotopic (exact) mass is 398 g/mol. The summed E-state index contributed by atoms with van der Waals surface area (Å²) in [6.45, 7) is 4.41. The van der Waals surface area contributed by atoms with E-state index in [9.17, 15) is 4.79 Å². The van der Waals surface area contributed by atoms with E-state index in [2.05, 4.69) is 32.5 Å². The smallest absolute Gasteiger partial charge is 0.248 e. The molecular weight excluding hydrogens is 376 g/mol. The molecule has 2 aromatic heterocycles. The first kappa shape index (κ1) is 18.8. The quantitative estimate of drug-likeness (QED) is 0.658. The van der Waals surface area contributed by atoms with E-state index < -0.39 is 0 Å². The van der Waals surface area contributed by atoms with Crippen LogP contribution in [0.4, 0.5) is 5.69 Å². The summed E-state index contributed by atoms with van der Waals surface area (Å²) in [6, 6.07) is 9.91. The number of carbonyl (C=O) groups excluding carboxylic acids is 1. The summed E-state index contributed by atoms with van der Waals surface area (Å²) in [5, 5.41) is 14.9. The zero-order valence-electron chi connectivity index (χ0n) is 15.5. The fourth-order valence-corrected chi connectivity index (χ4v) is 3.64. The van der Waals surface area contributed by atoms with Crippen molar-refractivity contribution in [2.75, 3.05) is 31.6 Å². The molecule has 1 N–H and O–H groups in total. The summed E-state index contributed by atoms with van der Waals surface area (Å²) in [7, 11) is 0. The highest BCUT2D eigenvalue weighted by molar-refractivity contribution is 7.08. The molecule has 1 fully saturated rings. The fourth-order valence-electron chi connectivity index (χ4n) is 3.01. The molecule has 7 nitrogen and oxygen atoms in total. The molecule has 1 aromatic carbocycles. The van der Waals surface area contributed by atoms with Crippen molar-refractivity contribution >= 4 is 22.9 Å². The summed E-state index contributed by atoms with van der Waals surface area (Å²) < 4.78 is 11.0. The zero-order valence-corrected chi connectivity index (χ0v) is 16.3. The predicted molar refractivity (Wildman–Crippen MR) is 107 cm³/mol. The molecule has 0 atom stereocenters. The van der Waals surface area contributed by atoms with Crippen molar-refractivity contribution in [1.29, 1.82) is 0 Å². The second-order valence-corrected chi connectivity index (χ2v) is 7.43. The van der Waals surface area contributed by atoms with Crippen molar-refractivity contribution < 1.29 is 13.9 Å². The van der Waals surface area contributed by atoms with Crippen molar-refractivity contribution in [2.24, 2.45) is 0 Å². The average Bonchev–Trinajstić information content (AvgIpc) is 3.41. The maximum Gasteiger partial charge on any atom is 0.248 e. The Labute approximate surface area is 167 Å². The van der Waals surface area contributed by atoms with Crippen molar-refractivity contribution in [1.82, 2.24) is 15.1 Å². The van der Waals surface area contributed by atoms with E-state index in [1.54, 1.807) is 11.3 Å². The topological polar surface area (TPSA) is 80.5 Å². The number of aryl methyl sites for hydroxylation is 1. The van der Waals surface area contributed by atoms with E-state index in [1.807, 2.05) is 29.0 Å². The normalized spacial score (nSPS) is 14.9. The number of nitrogens with one attached hydrogen (secondary N) is 1. The van der Waals surface area contributed by atoms with Gasteiger partial charge in [0, 0.05) is 49.1 Å². The number of nitrogens with zero attached hydrogens (tertiary/aromatic N) is 3. The summed E-state index contributed by atoms with van der Waals surface area (Å²) in [4.78, 5) is 14.6. The SMILES string of the molecule is O=C(CCc1nnc(-c2ccsc2)o1)Nc1ccc(CN2CCOCC2)cc1. The lowest BCUT2D eigenvalue weighted by atomic mass is 10.2. The molecule has 0 spiro atoms. The number of benzene rings is 1. The lowest BCUT2D eigenvalue weighted by molar-refractivity contribution is -0.116. The number of rotatable bonds is 7. The highest BCUT2D eigenvalue weighted by atomic mass is 32.1. The van der Waals surface area contributed by atoms with Gasteiger partial charge in [-0.25, -0.2) is 0 Å². The van der Waals surface area contributed by atoms with Gasteiger partial charge in [0.2, 0.25) is 17.7 Å². The number of ether oxygens (including phenoxy) is 1. The zero-order chi connectivity index (χ0) is 19.2. The summed E-state index contributed by atoms with van der Waals surface area (Å²) >= 11 is 1.57. The Kier molecular flexibility index (Phi) is 6.11. The number of carbonyl (C=O) groups is 1. The number of aromatic nitrogens is 2. The van der Waals surface area contributed by atoms with Crippen LogP contribution in [0.15, 0.2) is 45.5 Å². The minimum atomic E-state index is -0.0730. The van der Waals surface area contributed by atoms with E-state index in [-0.39, 0.29) is 5.91 Å². The van der Waals surface area contributed by atoms with Crippen LogP contribution in [0.3, 0.4) is 0 Å². The van der Waals surface area contributed by atoms with Gasteiger partial charge in [0.05, 0.1) is 13.2 Å². The van der Waals surface area contributed by atoms with E-state index >= 15 is 0 Å². The van der Waals surface area contributed by atoms with Crippen LogP contribution in [0.5, 0.6) is 0 Å². The lowest BCUT2D eigenvalue weighted by Crippen LogP contribution is -2.35. The average molecular weight is 398 g/mol. The first-order chi connectivity index (χ1) is 13.8. The van der Waals surface area contributed by atoms with Gasteiger partial charge in [-0.3, -0.25) is 9.69 Å². The molecule has 0 radical (unpaired) electrons. The molecule has 0 bridgehead atoms. The maximum absolute atomic E-state index is 12.2. The first-order valence-corrected chi connectivity index (χ1v) is 10.2. The minimum absolute atomic E-state index is 0.0730. The van der Waals surface area contributed by atoms with Gasteiger partial charge in [0.15, 0.2) is 0 Å². The molecular formula is C20H22N4O3S. The highest BCUT2D eigenvalue weighted by Gasteiger charge is 2.12. The van der Waals surface area contributed by atoms with E-state index in [0.29, 0.717) is 24.6 Å². The molecule has 146 valence electrons. The van der Waals surface area contributed by atoms with Crippen LogP contribution in [0.1, 0.15) is 17.9 Å². The van der Waals surface area contributed by atoms with Crippen LogP contribution < -0.4 is 5.32 Å². The molecule has 8 heteroatoms. The minimum Gasteiger partial charge on any atom is -0.421 e. The summed E-state index contributed by atoms with van der Waals surface area (Å²) in [5.74, 6) is 0.890. The van der Waals surface area contributed by atoms with E-state index in [0.717, 1.165) is 44.1 Å². The lowest BCUT2D eigenvalue weighted by Gasteiger charge is -2.26. The third-order valence-electron chi connectivity index (χ3n) is 4.55. The Morgan fingerprint density at radius 2 is 1.96 bits per heavy atom. The van der Waals surface area contributed by atoms with Crippen molar-refractivity contribution in [3.05, 3.63) is 52.5 Å². The van der Waals surface area contributed by atoms with E-state index in [1.165, 1.54) is 5.56 Å². The van der Waals surface area contributed by atoms with Gasteiger partial charge in [-0.1, -0.05) is 12.1 Å². The van der Waals surface area contributed by atoms with Gasteiger partial charge in [0.25, 0.3) is 0 Å². The third kappa shape index (κ3) is 5.03. The van der Waals surface area contributed by atoms with Gasteiger partial charge in [-0.05, 0) is 29.1 Å². The Bertz CT molecular complexity index is 887. The van der Waals surface area contributed by atoms with Crippen molar-refractivity contribution in [2.45, 2.75) is 19.4 Å². The molecule has 3 aromatic rings. The molecule has 28 heavy (non-hydrogen) atoms. The van der Waals surface area contributed by atoms with Gasteiger partial charge in [-0.2, -0.15) is 11.3 Å². The van der Waals surface area contributed by atoms with Crippen molar-refractivity contribution in [3.8, 4) is 11.5 Å². The van der Waals surface area contributed by atoms with Crippen LogP contribution in [-0.4, -0.2) is 47.3 Å². The molecule has 4 rings (SSSR count). The molecule has 3 heterocycles. The van der Waals surface area contributed by atoms with Crippen molar-refractivity contribution in [3.63, 3.8) is 0 Å². The molecule has 1 aliphatic rings. The van der Waals surface area contributed by atoms with Gasteiger partial charge in [-0.15, -0.1) is 10.2 Å². The van der Waals surface area contributed by atoms with Crippen LogP contribution >= 0.6 is 11.3 Å². The molecule has 0 unspecified atom stereocenters. The fraction of sp³-hybridized carbons (Fsp3) is 0.350. The molecule has 0 saturated carbocycles. The van der Waals surface area contributed by atoms with Crippen LogP contribution in [0.25, 0.3) is 11.5 Å². The number of amides is 1. The highest BCUT2D eigenvalue weighted by Crippen LogP contribution is 2.21. The second-order valence-electron chi connectivity index (χ2n) is 6.65. The molecule has 1 saturated heterocycles. The van der Waals surface area contributed by atoms with Gasteiger partial charge < -0.3 is 14.5 Å². The second kappa shape index (κ2) is 9.09. The predicted octanol–water partition coefficient (Wildman–Crippen LogP) is 3.20. The summed E-state index contributed by atoms with van der Waals surface area (Å²) in [6.07, 6.45) is 0.707. The number of morpholine rings is 1. The maximum atomic E-state index is 12.2. The first-order valence-electron chi connectivity index (χ1n) is 9.30. The summed E-state index contributed by atoms with van der Waals surface area (Å²) in [5.41, 5.74) is 2.93. The third-order valence-corrected chi connectivity index (χ3v) is 5.23. The number of hydrogen-bond donors (Lipinski definition) is 1. The molecule has 0 aliphatic carbocycles. The Morgan fingerprint density at radius 1 is 1.14 bits per heavy atom. The van der Waals surface area contributed by atoms with Crippen LogP contribution in [-0.2, 0) is 22.5 Å². The standard InChI is InChI=1S/C20H22N4O3S/c25-18(5-6-19-22-23-20(27-19)16-7-12-28-14-16)21-17-3-1-15(2-4-17)13-24-8-10-26-11-9-24/h1-4,7,12,14H,5-6,8-11,13H2,(H,21,25). The molecule has 1 amide bonds. The van der Waals surface area contributed by atoms with Crippen LogP contribution in [0, 0.1) is 0 Å². The molecule has 1 aliphatic heterocycles. The van der Waals surface area contributed by atoms with Crippen LogP contribution in [0.2, 0.25) is 0 Å². The number of anilines is 1. The number of thiophene rings is 1. The van der Waals surface area contributed by atoms with Gasteiger partial charge >= 0.3 is 0 Å². The Morgan fingerprint density at radius 3 is 2.71 bits per heavy atom.